The molecule has 1 saturated carbocycles. The van der Waals surface area contributed by atoms with E-state index in [1.54, 1.807) is 0 Å². The van der Waals surface area contributed by atoms with Crippen LogP contribution in [-0.4, -0.2) is 51.7 Å². The van der Waals surface area contributed by atoms with Gasteiger partial charge in [-0.3, -0.25) is 19.3 Å². The van der Waals surface area contributed by atoms with E-state index in [1.807, 2.05) is 4.90 Å². The first-order valence-electron chi connectivity index (χ1n) is 6.41. The van der Waals surface area contributed by atoms with Crippen molar-refractivity contribution in [1.29, 1.82) is 0 Å². The Hall–Kier alpha value is -1.04. The summed E-state index contributed by atoms with van der Waals surface area (Å²) in [5, 5.41) is -0.151. The molecule has 1 atom stereocenters. The zero-order valence-electron chi connectivity index (χ0n) is 10.1. The molecule has 0 bridgehead atoms. The molecule has 0 aromatic heterocycles. The van der Waals surface area contributed by atoms with E-state index < -0.39 is 0 Å². The van der Waals surface area contributed by atoms with Crippen LogP contribution >= 0.6 is 11.8 Å². The van der Waals surface area contributed by atoms with E-state index in [0.29, 0.717) is 25.4 Å². The van der Waals surface area contributed by atoms with E-state index in [4.69, 9.17) is 0 Å². The summed E-state index contributed by atoms with van der Waals surface area (Å²) in [6.45, 7) is 1.21. The topological polar surface area (TPSA) is 57.7 Å². The molecular formula is C12H16N2O3S. The van der Waals surface area contributed by atoms with Gasteiger partial charge in [-0.1, -0.05) is 11.8 Å². The normalized spacial score (nSPS) is 28.3. The number of carbonyl (C=O) groups excluding carboxylic acids is 3. The number of carbonyl (C=O) groups is 3. The molecule has 6 heteroatoms. The van der Waals surface area contributed by atoms with Crippen LogP contribution in [0, 0.1) is 5.92 Å². The molecule has 5 nitrogen and oxygen atoms in total. The summed E-state index contributed by atoms with van der Waals surface area (Å²) in [5.74, 6) is 0.922. The monoisotopic (exact) mass is 268 g/mol. The largest absolute Gasteiger partial charge is 0.341 e. The van der Waals surface area contributed by atoms with Crippen molar-refractivity contribution in [1.82, 2.24) is 9.80 Å². The molecule has 1 unspecified atom stereocenters. The zero-order valence-corrected chi connectivity index (χ0v) is 10.9. The molecule has 0 spiro atoms. The van der Waals surface area contributed by atoms with E-state index in [0.717, 1.165) is 18.2 Å². The van der Waals surface area contributed by atoms with Crippen LogP contribution < -0.4 is 0 Å². The van der Waals surface area contributed by atoms with Crippen molar-refractivity contribution in [3.8, 4) is 0 Å². The molecule has 3 rings (SSSR count). The second-order valence-corrected chi connectivity index (χ2v) is 6.17. The second-order valence-electron chi connectivity index (χ2n) is 5.25. The predicted molar refractivity (Wildman–Crippen MR) is 67.0 cm³/mol. The number of hydrogen-bond donors (Lipinski definition) is 0. The Balaban J connectivity index is 1.58. The van der Waals surface area contributed by atoms with Gasteiger partial charge >= 0.3 is 0 Å². The first-order chi connectivity index (χ1) is 8.65. The number of imide groups is 1. The Kier molecular flexibility index (Phi) is 3.05. The van der Waals surface area contributed by atoms with Crippen LogP contribution in [0.5, 0.6) is 0 Å². The maximum atomic E-state index is 12.0. The summed E-state index contributed by atoms with van der Waals surface area (Å²) in [5.41, 5.74) is 0. The lowest BCUT2D eigenvalue weighted by atomic mass is 10.2. The van der Waals surface area contributed by atoms with Crippen LogP contribution in [0.15, 0.2) is 0 Å². The lowest BCUT2D eigenvalue weighted by molar-refractivity contribution is -0.131. The van der Waals surface area contributed by atoms with Gasteiger partial charge in [0.1, 0.15) is 0 Å². The molecule has 0 N–H and O–H groups in total. The van der Waals surface area contributed by atoms with E-state index in [2.05, 4.69) is 0 Å². The quantitative estimate of drug-likeness (QED) is 0.768. The fourth-order valence-electron chi connectivity index (χ4n) is 2.59. The molecule has 3 fully saturated rings. The van der Waals surface area contributed by atoms with Gasteiger partial charge in [0.25, 0.3) is 5.24 Å². The summed E-state index contributed by atoms with van der Waals surface area (Å²) in [6, 6.07) is -0.0943. The average molecular weight is 268 g/mol. The average Bonchev–Trinajstić information content (AvgIpc) is 2.89. The first kappa shape index (κ1) is 12.0. The molecule has 3 aliphatic rings. The van der Waals surface area contributed by atoms with Crippen molar-refractivity contribution in [3.05, 3.63) is 0 Å². The highest BCUT2D eigenvalue weighted by Crippen LogP contribution is 2.34. The number of nitrogens with zero attached hydrogens (tertiary/aromatic N) is 2. The number of hydrogen-bond acceptors (Lipinski definition) is 4. The van der Waals surface area contributed by atoms with E-state index in [1.165, 1.54) is 17.7 Å². The van der Waals surface area contributed by atoms with E-state index >= 15 is 0 Å². The van der Waals surface area contributed by atoms with Gasteiger partial charge in [-0.25, -0.2) is 0 Å². The van der Waals surface area contributed by atoms with Crippen LogP contribution in [-0.2, 0) is 9.59 Å². The standard InChI is InChI=1S/C12H16N2O3S/c15-10(5-8-1-2-8)13-4-3-9(6-13)14-11(16)7-18-12(14)17/h8-9H,1-7H2. The van der Waals surface area contributed by atoms with E-state index in [-0.39, 0.29) is 28.8 Å². The smallest absolute Gasteiger partial charge is 0.289 e. The van der Waals surface area contributed by atoms with Crippen LogP contribution in [0.4, 0.5) is 4.79 Å². The summed E-state index contributed by atoms with van der Waals surface area (Å²) >= 11 is 1.06. The first-order valence-corrected chi connectivity index (χ1v) is 7.40. The molecule has 2 saturated heterocycles. The number of likely N-dealkylation sites (tertiary alicyclic amines) is 1. The summed E-state index contributed by atoms with van der Waals surface area (Å²) < 4.78 is 0. The third kappa shape index (κ3) is 2.25. The maximum absolute atomic E-state index is 12.0. The van der Waals surface area contributed by atoms with Crippen LogP contribution in [0.25, 0.3) is 0 Å². The van der Waals surface area contributed by atoms with Gasteiger partial charge in [0.15, 0.2) is 0 Å². The zero-order chi connectivity index (χ0) is 12.7. The molecule has 2 heterocycles. The number of amides is 3. The van der Waals surface area contributed by atoms with Gasteiger partial charge in [-0.2, -0.15) is 0 Å². The molecule has 2 aliphatic heterocycles. The Bertz CT molecular complexity index is 392. The maximum Gasteiger partial charge on any atom is 0.289 e. The highest BCUT2D eigenvalue weighted by atomic mass is 32.2. The molecule has 0 aromatic rings. The molecular weight excluding hydrogens is 252 g/mol. The van der Waals surface area contributed by atoms with Crippen LogP contribution in [0.3, 0.4) is 0 Å². The molecule has 1 aliphatic carbocycles. The molecule has 98 valence electrons. The highest BCUT2D eigenvalue weighted by molar-refractivity contribution is 8.14. The van der Waals surface area contributed by atoms with E-state index in [9.17, 15) is 14.4 Å². The summed E-state index contributed by atoms with van der Waals surface area (Å²) in [6.07, 6.45) is 3.71. The third-order valence-electron chi connectivity index (χ3n) is 3.83. The fourth-order valence-corrected chi connectivity index (χ4v) is 3.37. The lowest BCUT2D eigenvalue weighted by Gasteiger charge is -2.21. The third-order valence-corrected chi connectivity index (χ3v) is 4.66. The number of rotatable bonds is 3. The van der Waals surface area contributed by atoms with Crippen molar-refractivity contribution < 1.29 is 14.4 Å². The lowest BCUT2D eigenvalue weighted by Crippen LogP contribution is -2.41. The van der Waals surface area contributed by atoms with Gasteiger partial charge in [-0.15, -0.1) is 0 Å². The molecule has 0 radical (unpaired) electrons. The summed E-state index contributed by atoms with van der Waals surface area (Å²) in [4.78, 5) is 38.3. The summed E-state index contributed by atoms with van der Waals surface area (Å²) in [7, 11) is 0. The minimum absolute atomic E-state index is 0.0943. The van der Waals surface area contributed by atoms with Gasteiger partial charge in [0.2, 0.25) is 11.8 Å². The number of thioether (sulfide) groups is 1. The molecule has 3 amide bonds. The molecule has 18 heavy (non-hydrogen) atoms. The highest BCUT2D eigenvalue weighted by Gasteiger charge is 2.40. The Labute approximate surface area is 110 Å². The van der Waals surface area contributed by atoms with Gasteiger partial charge in [0, 0.05) is 19.5 Å². The predicted octanol–water partition coefficient (Wildman–Crippen LogP) is 1.08. The minimum atomic E-state index is -0.151. The van der Waals surface area contributed by atoms with Crippen molar-refractivity contribution >= 4 is 28.8 Å². The van der Waals surface area contributed by atoms with Gasteiger partial charge < -0.3 is 4.90 Å². The van der Waals surface area contributed by atoms with Crippen LogP contribution in [0.2, 0.25) is 0 Å². The SMILES string of the molecule is O=C(CC1CC1)N1CCC(N2C(=O)CSC2=O)C1. The molecule has 0 aromatic carbocycles. The Morgan fingerprint density at radius 3 is 2.67 bits per heavy atom. The minimum Gasteiger partial charge on any atom is -0.341 e. The second kappa shape index (κ2) is 4.57. The fraction of sp³-hybridized carbons (Fsp3) is 0.750. The van der Waals surface area contributed by atoms with Crippen molar-refractivity contribution in [2.24, 2.45) is 5.92 Å². The van der Waals surface area contributed by atoms with Crippen molar-refractivity contribution in [2.45, 2.75) is 31.7 Å². The van der Waals surface area contributed by atoms with Crippen LogP contribution in [0.1, 0.15) is 25.7 Å². The van der Waals surface area contributed by atoms with Gasteiger partial charge in [0.05, 0.1) is 11.8 Å². The van der Waals surface area contributed by atoms with Crippen molar-refractivity contribution in [3.63, 3.8) is 0 Å². The Morgan fingerprint density at radius 2 is 2.06 bits per heavy atom. The van der Waals surface area contributed by atoms with Gasteiger partial charge in [-0.05, 0) is 25.2 Å². The Morgan fingerprint density at radius 1 is 1.28 bits per heavy atom. The van der Waals surface area contributed by atoms with Crippen molar-refractivity contribution in [2.75, 3.05) is 18.8 Å².